The van der Waals surface area contributed by atoms with E-state index in [0.717, 1.165) is 11.1 Å². The lowest BCUT2D eigenvalue weighted by Crippen LogP contribution is -2.38. The van der Waals surface area contributed by atoms with Crippen LogP contribution in [0.15, 0.2) is 73.1 Å². The summed E-state index contributed by atoms with van der Waals surface area (Å²) in [6, 6.07) is 19.6. The maximum atomic E-state index is 14.9. The minimum atomic E-state index is -4.25. The van der Waals surface area contributed by atoms with Gasteiger partial charge in [0, 0.05) is 25.2 Å². The van der Waals surface area contributed by atoms with E-state index in [-0.39, 0.29) is 39.3 Å². The van der Waals surface area contributed by atoms with Crippen molar-refractivity contribution in [3.05, 3.63) is 95.6 Å². The van der Waals surface area contributed by atoms with Gasteiger partial charge in [0.15, 0.2) is 4.90 Å². The summed E-state index contributed by atoms with van der Waals surface area (Å²) in [5.41, 5.74) is 2.91. The van der Waals surface area contributed by atoms with Gasteiger partial charge in [0.25, 0.3) is 0 Å². The zero-order chi connectivity index (χ0) is 30.8. The topological polar surface area (TPSA) is 132 Å². The second-order valence-corrected chi connectivity index (χ2v) is 14.9. The van der Waals surface area contributed by atoms with Crippen LogP contribution in [0.3, 0.4) is 0 Å². The van der Waals surface area contributed by atoms with E-state index in [4.69, 9.17) is 18.1 Å². The fourth-order valence-corrected chi connectivity index (χ4v) is 10.7. The molecule has 2 heterocycles. The lowest BCUT2D eigenvalue weighted by atomic mass is 10.1. The van der Waals surface area contributed by atoms with Crippen molar-refractivity contribution in [2.75, 3.05) is 26.4 Å². The van der Waals surface area contributed by atoms with Crippen molar-refractivity contribution < 1.29 is 27.2 Å². The molecule has 2 aromatic heterocycles. The van der Waals surface area contributed by atoms with Crippen LogP contribution in [0.4, 0.5) is 0 Å². The molecule has 0 saturated carbocycles. The van der Waals surface area contributed by atoms with E-state index in [1.54, 1.807) is 49.5 Å². The number of hydrogen-bond donors (Lipinski definition) is 0. The van der Waals surface area contributed by atoms with Crippen LogP contribution in [0.1, 0.15) is 50.2 Å². The second kappa shape index (κ2) is 15.1. The predicted octanol–water partition coefficient (Wildman–Crippen LogP) is 5.98. The van der Waals surface area contributed by atoms with Crippen molar-refractivity contribution >= 4 is 15.2 Å². The van der Waals surface area contributed by atoms with E-state index in [9.17, 15) is 9.13 Å². The highest BCUT2D eigenvalue weighted by Crippen LogP contribution is 2.79. The van der Waals surface area contributed by atoms with Crippen molar-refractivity contribution in [2.45, 2.75) is 58.5 Å². The molecule has 0 atom stereocenters. The molecule has 0 amide bonds. The summed E-state index contributed by atoms with van der Waals surface area (Å²) in [7, 11) is -8.51. The maximum Gasteiger partial charge on any atom is 0.349 e. The molecule has 14 heteroatoms. The van der Waals surface area contributed by atoms with Crippen LogP contribution in [0.25, 0.3) is 0 Å². The minimum Gasteiger partial charge on any atom is -0.308 e. The van der Waals surface area contributed by atoms with Crippen LogP contribution in [0.5, 0.6) is 0 Å². The van der Waals surface area contributed by atoms with Gasteiger partial charge in [-0.1, -0.05) is 71.1 Å². The maximum absolute atomic E-state index is 14.9. The molecule has 0 saturated heterocycles. The summed E-state index contributed by atoms with van der Waals surface area (Å²) in [4.78, 5) is -1.85. The molecule has 0 aliphatic carbocycles. The zero-order valence-electron chi connectivity index (χ0n) is 25.1. The molecular formula is C29H40N6O6P2. The monoisotopic (exact) mass is 630 g/mol. The fourth-order valence-electron chi connectivity index (χ4n) is 4.95. The molecule has 4 rings (SSSR count). The summed E-state index contributed by atoms with van der Waals surface area (Å²) >= 11 is 0. The molecule has 43 heavy (non-hydrogen) atoms. The Labute approximate surface area is 252 Å². The third-order valence-corrected chi connectivity index (χ3v) is 13.2. The average Bonchev–Trinajstić information content (AvgIpc) is 3.63. The van der Waals surface area contributed by atoms with Gasteiger partial charge in [0.05, 0.1) is 50.9 Å². The SMILES string of the molecule is CCOP(=O)(OCC)C(Cc1cn(Cc2ccccc2)nn1)(Cc1cn(Cc2ccccc2)nn1)P(=O)(OCC)OCC. The van der Waals surface area contributed by atoms with Crippen molar-refractivity contribution in [1.82, 2.24) is 30.0 Å². The molecule has 0 unspecified atom stereocenters. The lowest BCUT2D eigenvalue weighted by Gasteiger charge is -2.41. The third kappa shape index (κ3) is 7.76. The van der Waals surface area contributed by atoms with Gasteiger partial charge < -0.3 is 18.1 Å². The van der Waals surface area contributed by atoms with Gasteiger partial charge in [0.2, 0.25) is 0 Å². The Hall–Kier alpha value is -2.98. The minimum absolute atomic E-state index is 0.0404. The van der Waals surface area contributed by atoms with E-state index in [0.29, 0.717) is 24.5 Å². The smallest absolute Gasteiger partial charge is 0.308 e. The zero-order valence-corrected chi connectivity index (χ0v) is 26.9. The van der Waals surface area contributed by atoms with Crippen LogP contribution >= 0.6 is 15.2 Å². The van der Waals surface area contributed by atoms with Crippen LogP contribution in [-0.2, 0) is 53.2 Å². The molecule has 0 spiro atoms. The highest BCUT2D eigenvalue weighted by Gasteiger charge is 2.65. The third-order valence-electron chi connectivity index (χ3n) is 6.69. The molecule has 0 bridgehead atoms. The number of hydrogen-bond acceptors (Lipinski definition) is 10. The van der Waals surface area contributed by atoms with Gasteiger partial charge in [-0.05, 0) is 38.8 Å². The molecule has 232 valence electrons. The molecule has 0 aliphatic heterocycles. The van der Waals surface area contributed by atoms with E-state index in [1.807, 2.05) is 60.7 Å². The molecule has 0 aliphatic rings. The van der Waals surface area contributed by atoms with Crippen molar-refractivity contribution in [1.29, 1.82) is 0 Å². The van der Waals surface area contributed by atoms with Gasteiger partial charge in [-0.25, -0.2) is 9.36 Å². The molecule has 0 N–H and O–H groups in total. The standard InChI is InChI=1S/C29H40N6O6P2/c1-5-38-42(36,39-6-2)29(43(37,40-7-3)41-8-4,19-27-23-34(32-30-27)21-25-15-11-9-12-16-25)20-28-24-35(33-31-28)22-26-17-13-10-14-18-26/h9-18,23-24H,5-8,19-22H2,1-4H3. The molecular weight excluding hydrogens is 590 g/mol. The number of aromatic nitrogens is 6. The van der Waals surface area contributed by atoms with E-state index in [2.05, 4.69) is 20.6 Å². The Kier molecular flexibility index (Phi) is 11.6. The fraction of sp³-hybridized carbons (Fsp3) is 0.448. The van der Waals surface area contributed by atoms with E-state index < -0.39 is 20.1 Å². The quantitative estimate of drug-likeness (QED) is 0.121. The van der Waals surface area contributed by atoms with Crippen molar-refractivity contribution in [3.8, 4) is 0 Å². The van der Waals surface area contributed by atoms with Gasteiger partial charge in [-0.15, -0.1) is 10.2 Å². The van der Waals surface area contributed by atoms with Crippen molar-refractivity contribution in [2.24, 2.45) is 0 Å². The number of benzene rings is 2. The largest absolute Gasteiger partial charge is 0.349 e. The van der Waals surface area contributed by atoms with Crippen LogP contribution < -0.4 is 0 Å². The van der Waals surface area contributed by atoms with Crippen LogP contribution in [-0.4, -0.2) is 61.3 Å². The first-order valence-electron chi connectivity index (χ1n) is 14.4. The molecule has 0 radical (unpaired) electrons. The first kappa shape index (κ1) is 32.9. The van der Waals surface area contributed by atoms with E-state index >= 15 is 0 Å². The Bertz CT molecular complexity index is 1380. The highest BCUT2D eigenvalue weighted by atomic mass is 31.2. The predicted molar refractivity (Wildman–Crippen MR) is 163 cm³/mol. The van der Waals surface area contributed by atoms with Gasteiger partial charge >= 0.3 is 15.2 Å². The normalized spacial score (nSPS) is 12.6. The Morgan fingerprint density at radius 2 is 0.953 bits per heavy atom. The number of rotatable bonds is 18. The molecule has 2 aromatic carbocycles. The van der Waals surface area contributed by atoms with Crippen LogP contribution in [0, 0.1) is 0 Å². The number of nitrogens with zero attached hydrogens (tertiary/aromatic N) is 6. The van der Waals surface area contributed by atoms with Gasteiger partial charge in [0.1, 0.15) is 0 Å². The Morgan fingerprint density at radius 1 is 0.605 bits per heavy atom. The first-order chi connectivity index (χ1) is 20.8. The summed E-state index contributed by atoms with van der Waals surface area (Å²) in [5.74, 6) is 0. The van der Waals surface area contributed by atoms with Gasteiger partial charge in [-0.2, -0.15) is 0 Å². The van der Waals surface area contributed by atoms with Crippen LogP contribution in [0.2, 0.25) is 0 Å². The average molecular weight is 631 g/mol. The molecule has 4 aromatic rings. The van der Waals surface area contributed by atoms with Crippen molar-refractivity contribution in [3.63, 3.8) is 0 Å². The summed E-state index contributed by atoms with van der Waals surface area (Å²) in [6.45, 7) is 7.91. The summed E-state index contributed by atoms with van der Waals surface area (Å²) < 4.78 is 56.9. The first-order valence-corrected chi connectivity index (χ1v) is 17.5. The summed E-state index contributed by atoms with van der Waals surface area (Å²) in [6.07, 6.45) is 3.20. The second-order valence-electron chi connectivity index (χ2n) is 9.79. The Balaban J connectivity index is 1.81. The Morgan fingerprint density at radius 3 is 1.28 bits per heavy atom. The van der Waals surface area contributed by atoms with E-state index in [1.165, 1.54) is 0 Å². The lowest BCUT2D eigenvalue weighted by molar-refractivity contribution is 0.175. The molecule has 12 nitrogen and oxygen atoms in total. The summed E-state index contributed by atoms with van der Waals surface area (Å²) in [5, 5.41) is 17.3. The van der Waals surface area contributed by atoms with Gasteiger partial charge in [-0.3, -0.25) is 9.13 Å². The molecule has 0 fully saturated rings. The highest BCUT2D eigenvalue weighted by molar-refractivity contribution is 7.74.